The topological polar surface area (TPSA) is 59.0 Å². The maximum Gasteiger partial charge on any atom is 0.413 e. The number of rotatable bonds is 12. The molecular formula is C26H47NO4. The maximum atomic E-state index is 12.6. The van der Waals surface area contributed by atoms with Gasteiger partial charge in [-0.3, -0.25) is 4.90 Å². The fourth-order valence-electron chi connectivity index (χ4n) is 3.88. The molecule has 1 heterocycles. The average molecular weight is 438 g/mol. The predicted molar refractivity (Wildman–Crippen MR) is 127 cm³/mol. The van der Waals surface area contributed by atoms with Gasteiger partial charge in [0, 0.05) is 6.42 Å². The van der Waals surface area contributed by atoms with E-state index in [1.807, 2.05) is 34.6 Å². The van der Waals surface area contributed by atoms with Gasteiger partial charge >= 0.3 is 6.09 Å². The summed E-state index contributed by atoms with van der Waals surface area (Å²) < 4.78 is 11.2. The smallest absolute Gasteiger partial charge is 0.413 e. The Kier molecular flexibility index (Phi) is 12.6. The number of carbonyl (C=O) groups excluding carboxylic acids is 1. The minimum atomic E-state index is -0.943. The molecule has 0 bridgehead atoms. The number of carbonyl (C=O) groups is 1. The van der Waals surface area contributed by atoms with Gasteiger partial charge in [-0.1, -0.05) is 77.1 Å². The summed E-state index contributed by atoms with van der Waals surface area (Å²) in [4.78, 5) is 14.1. The highest BCUT2D eigenvalue weighted by molar-refractivity contribution is 5.70. The standard InChI is InChI=1S/C26H47NO4/c1-7-8-9-10-11-12-13-14-15-16-17-18-19-20-23(28)22-21-30-26(5,6)27(22)24(29)31-25(2,3)4/h22-23,28H,7-18,21H2,1-6H3/t22?,23-/m1/s1. The van der Waals surface area contributed by atoms with Crippen LogP contribution in [0.3, 0.4) is 0 Å². The minimum absolute atomic E-state index is 0.251. The normalized spacial score (nSPS) is 19.1. The van der Waals surface area contributed by atoms with Crippen molar-refractivity contribution in [1.82, 2.24) is 4.90 Å². The van der Waals surface area contributed by atoms with Crippen molar-refractivity contribution in [2.75, 3.05) is 6.61 Å². The summed E-state index contributed by atoms with van der Waals surface area (Å²) in [6.45, 7) is 11.6. The second kappa shape index (κ2) is 14.0. The van der Waals surface area contributed by atoms with Gasteiger partial charge in [-0.05, 0) is 41.0 Å². The van der Waals surface area contributed by atoms with Crippen LogP contribution < -0.4 is 0 Å². The van der Waals surface area contributed by atoms with E-state index in [4.69, 9.17) is 9.47 Å². The first-order valence-corrected chi connectivity index (χ1v) is 12.4. The summed E-state index contributed by atoms with van der Waals surface area (Å²) in [6, 6.07) is -0.519. The molecule has 0 aromatic rings. The molecule has 0 aromatic carbocycles. The molecule has 1 saturated heterocycles. The summed E-state index contributed by atoms with van der Waals surface area (Å²) in [5, 5.41) is 10.6. The van der Waals surface area contributed by atoms with Crippen LogP contribution in [0.25, 0.3) is 0 Å². The third-order valence-electron chi connectivity index (χ3n) is 5.63. The maximum absolute atomic E-state index is 12.6. The van der Waals surface area contributed by atoms with Crippen LogP contribution in [-0.4, -0.2) is 46.2 Å². The van der Waals surface area contributed by atoms with Gasteiger partial charge in [-0.15, -0.1) is 5.92 Å². The monoisotopic (exact) mass is 437 g/mol. The molecule has 1 unspecified atom stereocenters. The Labute approximate surface area is 191 Å². The zero-order valence-electron chi connectivity index (χ0n) is 21.0. The summed E-state index contributed by atoms with van der Waals surface area (Å²) in [6.07, 6.45) is 13.7. The van der Waals surface area contributed by atoms with Crippen LogP contribution in [0, 0.1) is 11.8 Å². The van der Waals surface area contributed by atoms with E-state index in [1.165, 1.54) is 69.1 Å². The highest BCUT2D eigenvalue weighted by atomic mass is 16.6. The lowest BCUT2D eigenvalue weighted by Gasteiger charge is -2.35. The van der Waals surface area contributed by atoms with Crippen LogP contribution in [0.1, 0.15) is 119 Å². The summed E-state index contributed by atoms with van der Waals surface area (Å²) in [5.41, 5.74) is -1.43. The molecule has 1 fully saturated rings. The van der Waals surface area contributed by atoms with Crippen molar-refractivity contribution in [3.05, 3.63) is 0 Å². The Morgan fingerprint density at radius 3 is 2.10 bits per heavy atom. The SMILES string of the molecule is CCCCCCCCCCCCCC#C[C@@H](O)C1COC(C)(C)N1C(=O)OC(C)(C)C. The first-order valence-electron chi connectivity index (χ1n) is 12.4. The van der Waals surface area contributed by atoms with Crippen molar-refractivity contribution in [2.45, 2.75) is 142 Å². The van der Waals surface area contributed by atoms with Crippen molar-refractivity contribution in [1.29, 1.82) is 0 Å². The van der Waals surface area contributed by atoms with Gasteiger partial charge in [0.15, 0.2) is 0 Å². The predicted octanol–water partition coefficient (Wildman–Crippen LogP) is 6.42. The highest BCUT2D eigenvalue weighted by Crippen LogP contribution is 2.30. The van der Waals surface area contributed by atoms with Gasteiger partial charge in [-0.25, -0.2) is 4.79 Å². The second-order valence-electron chi connectivity index (χ2n) is 10.2. The van der Waals surface area contributed by atoms with Crippen LogP contribution >= 0.6 is 0 Å². The molecule has 1 aliphatic heterocycles. The van der Waals surface area contributed by atoms with E-state index in [0.29, 0.717) is 0 Å². The number of aliphatic hydroxyl groups is 1. The number of hydrogen-bond donors (Lipinski definition) is 1. The molecule has 5 nitrogen and oxygen atoms in total. The molecule has 0 aliphatic carbocycles. The zero-order chi connectivity index (χ0) is 23.3. The zero-order valence-corrected chi connectivity index (χ0v) is 21.0. The summed E-state index contributed by atoms with van der Waals surface area (Å²) in [7, 11) is 0. The van der Waals surface area contributed by atoms with E-state index in [0.717, 1.165) is 12.8 Å². The molecule has 0 saturated carbocycles. The van der Waals surface area contributed by atoms with Crippen molar-refractivity contribution in [2.24, 2.45) is 0 Å². The summed E-state index contributed by atoms with van der Waals surface area (Å²) in [5.74, 6) is 6.02. The third-order valence-corrected chi connectivity index (χ3v) is 5.63. The van der Waals surface area contributed by atoms with E-state index < -0.39 is 29.6 Å². The second-order valence-corrected chi connectivity index (χ2v) is 10.2. The Hall–Kier alpha value is -1.25. The van der Waals surface area contributed by atoms with Crippen molar-refractivity contribution in [3.8, 4) is 11.8 Å². The molecule has 1 aliphatic rings. The van der Waals surface area contributed by atoms with Crippen LogP contribution in [-0.2, 0) is 9.47 Å². The Morgan fingerprint density at radius 2 is 1.58 bits per heavy atom. The molecule has 0 aromatic heterocycles. The quantitative estimate of drug-likeness (QED) is 0.282. The molecule has 2 atom stereocenters. The van der Waals surface area contributed by atoms with Gasteiger partial charge in [0.25, 0.3) is 0 Å². The molecular weight excluding hydrogens is 390 g/mol. The van der Waals surface area contributed by atoms with Gasteiger partial charge in [0.2, 0.25) is 0 Å². The van der Waals surface area contributed by atoms with E-state index in [2.05, 4.69) is 18.8 Å². The molecule has 1 N–H and O–H groups in total. The third kappa shape index (κ3) is 11.3. The highest BCUT2D eigenvalue weighted by Gasteiger charge is 2.48. The number of amides is 1. The van der Waals surface area contributed by atoms with Gasteiger partial charge in [0.1, 0.15) is 17.4 Å². The summed E-state index contributed by atoms with van der Waals surface area (Å²) >= 11 is 0. The van der Waals surface area contributed by atoms with Crippen LogP contribution in [0.4, 0.5) is 4.79 Å². The van der Waals surface area contributed by atoms with Crippen molar-refractivity contribution >= 4 is 6.09 Å². The molecule has 0 spiro atoms. The van der Waals surface area contributed by atoms with Crippen LogP contribution in [0.2, 0.25) is 0 Å². The fourth-order valence-corrected chi connectivity index (χ4v) is 3.88. The van der Waals surface area contributed by atoms with Gasteiger partial charge in [-0.2, -0.15) is 0 Å². The first-order chi connectivity index (χ1) is 14.6. The molecule has 31 heavy (non-hydrogen) atoms. The largest absolute Gasteiger partial charge is 0.444 e. The molecule has 0 radical (unpaired) electrons. The number of nitrogens with zero attached hydrogens (tertiary/aromatic N) is 1. The first kappa shape index (κ1) is 27.8. The number of aliphatic hydroxyl groups excluding tert-OH is 1. The number of unbranched alkanes of at least 4 members (excludes halogenated alkanes) is 11. The molecule has 1 amide bonds. The van der Waals surface area contributed by atoms with Crippen LogP contribution in [0.5, 0.6) is 0 Å². The van der Waals surface area contributed by atoms with E-state index in [9.17, 15) is 9.90 Å². The van der Waals surface area contributed by atoms with Crippen molar-refractivity contribution < 1.29 is 19.4 Å². The Balaban J connectivity index is 2.29. The lowest BCUT2D eigenvalue weighted by Crippen LogP contribution is -2.53. The van der Waals surface area contributed by atoms with Crippen LogP contribution in [0.15, 0.2) is 0 Å². The van der Waals surface area contributed by atoms with E-state index >= 15 is 0 Å². The molecule has 1 rings (SSSR count). The van der Waals surface area contributed by atoms with Gasteiger partial charge in [0.05, 0.1) is 12.6 Å². The number of ether oxygens (including phenoxy) is 2. The van der Waals surface area contributed by atoms with Gasteiger partial charge < -0.3 is 14.6 Å². The van der Waals surface area contributed by atoms with Crippen molar-refractivity contribution in [3.63, 3.8) is 0 Å². The molecule has 5 heteroatoms. The van der Waals surface area contributed by atoms with E-state index in [-0.39, 0.29) is 6.61 Å². The Bertz CT molecular complexity index is 570. The fraction of sp³-hybridized carbons (Fsp3) is 0.885. The Morgan fingerprint density at radius 1 is 1.06 bits per heavy atom. The average Bonchev–Trinajstić information content (AvgIpc) is 2.99. The minimum Gasteiger partial charge on any atom is -0.444 e. The lowest BCUT2D eigenvalue weighted by atomic mass is 10.1. The number of hydrogen-bond acceptors (Lipinski definition) is 4. The lowest BCUT2D eigenvalue weighted by molar-refractivity contribution is -0.0658. The van der Waals surface area contributed by atoms with E-state index in [1.54, 1.807) is 0 Å². The molecule has 180 valence electrons.